The third-order valence-electron chi connectivity index (χ3n) is 7.92. The summed E-state index contributed by atoms with van der Waals surface area (Å²) in [5.74, 6) is -1.33. The van der Waals surface area contributed by atoms with Gasteiger partial charge in [-0.25, -0.2) is 14.2 Å². The Morgan fingerprint density at radius 2 is 2.03 bits per heavy atom. The second-order valence-electron chi connectivity index (χ2n) is 10.2. The fraction of sp³-hybridized carbons (Fsp3) is 0.310. The van der Waals surface area contributed by atoms with Crippen LogP contribution in [0.1, 0.15) is 34.5 Å². The van der Waals surface area contributed by atoms with Crippen LogP contribution in [0.25, 0.3) is 33.3 Å². The zero-order valence-corrected chi connectivity index (χ0v) is 21.7. The van der Waals surface area contributed by atoms with Crippen molar-refractivity contribution in [2.75, 3.05) is 37.0 Å². The lowest BCUT2D eigenvalue weighted by Crippen LogP contribution is -2.22. The maximum Gasteiger partial charge on any atom is 0.341 e. The quantitative estimate of drug-likeness (QED) is 0.305. The van der Waals surface area contributed by atoms with E-state index in [0.29, 0.717) is 35.7 Å². The number of halogens is 1. The molecule has 10 heteroatoms. The number of nitrogens with one attached hydrogen (secondary N) is 1. The molecular weight excluding hydrogens is 501 g/mol. The zero-order valence-electron chi connectivity index (χ0n) is 21.7. The van der Waals surface area contributed by atoms with Gasteiger partial charge >= 0.3 is 5.97 Å². The molecule has 2 aliphatic rings. The molecule has 4 aromatic rings. The van der Waals surface area contributed by atoms with Crippen LogP contribution >= 0.6 is 0 Å². The number of aromatic carboxylic acids is 1. The molecule has 1 unspecified atom stereocenters. The lowest BCUT2D eigenvalue weighted by atomic mass is 9.97. The number of benzene rings is 1. The SMILES string of the molecule is CNc1cc(F)cc2c1Cc1ncc(-c3cnc4c(c3)c(=O)c(C(=O)O)cn4C)c(N3CCC(CCO)C3)c1-2. The first-order chi connectivity index (χ1) is 18.8. The van der Waals surface area contributed by atoms with Crippen molar-refractivity contribution in [1.29, 1.82) is 0 Å². The molecule has 0 spiro atoms. The van der Waals surface area contributed by atoms with Gasteiger partial charge in [0.15, 0.2) is 0 Å². The monoisotopic (exact) mass is 529 g/mol. The molecule has 200 valence electrons. The van der Waals surface area contributed by atoms with Crippen LogP contribution in [0.3, 0.4) is 0 Å². The summed E-state index contributed by atoms with van der Waals surface area (Å²) in [5, 5.41) is 22.4. The van der Waals surface area contributed by atoms with Crippen LogP contribution in [-0.2, 0) is 13.5 Å². The highest BCUT2D eigenvalue weighted by atomic mass is 19.1. The highest BCUT2D eigenvalue weighted by molar-refractivity contribution is 5.98. The lowest BCUT2D eigenvalue weighted by Gasteiger charge is -2.26. The summed E-state index contributed by atoms with van der Waals surface area (Å²) in [7, 11) is 3.42. The van der Waals surface area contributed by atoms with Gasteiger partial charge in [0.05, 0.1) is 16.8 Å². The van der Waals surface area contributed by atoms with E-state index in [1.54, 1.807) is 38.6 Å². The van der Waals surface area contributed by atoms with Crippen LogP contribution in [0.2, 0.25) is 0 Å². The predicted molar refractivity (Wildman–Crippen MR) is 147 cm³/mol. The summed E-state index contributed by atoms with van der Waals surface area (Å²) in [6.07, 6.45) is 6.87. The Morgan fingerprint density at radius 1 is 1.21 bits per heavy atom. The van der Waals surface area contributed by atoms with Crippen molar-refractivity contribution in [3.05, 3.63) is 69.7 Å². The number of nitrogens with zero attached hydrogens (tertiary/aromatic N) is 4. The molecule has 0 amide bonds. The van der Waals surface area contributed by atoms with Crippen molar-refractivity contribution in [2.45, 2.75) is 19.3 Å². The highest BCUT2D eigenvalue weighted by Crippen LogP contribution is 2.49. The maximum absolute atomic E-state index is 14.8. The van der Waals surface area contributed by atoms with Gasteiger partial charge in [0.25, 0.3) is 0 Å². The number of carboxylic acids is 1. The van der Waals surface area contributed by atoms with E-state index >= 15 is 0 Å². The number of fused-ring (bicyclic) bond motifs is 4. The third kappa shape index (κ3) is 4.02. The largest absolute Gasteiger partial charge is 0.477 e. The molecule has 3 N–H and O–H groups in total. The fourth-order valence-corrected chi connectivity index (χ4v) is 6.05. The summed E-state index contributed by atoms with van der Waals surface area (Å²) in [6, 6.07) is 4.71. The Balaban J connectivity index is 1.61. The lowest BCUT2D eigenvalue weighted by molar-refractivity contribution is 0.0695. The molecule has 0 saturated carbocycles. The molecule has 1 atom stereocenters. The van der Waals surface area contributed by atoms with Gasteiger partial charge in [-0.2, -0.15) is 0 Å². The average molecular weight is 530 g/mol. The van der Waals surface area contributed by atoms with E-state index in [-0.39, 0.29) is 23.4 Å². The number of carbonyl (C=O) groups is 1. The Morgan fingerprint density at radius 3 is 2.77 bits per heavy atom. The first-order valence-corrected chi connectivity index (χ1v) is 12.9. The Kier molecular flexibility index (Phi) is 6.06. The van der Waals surface area contributed by atoms with E-state index in [1.165, 1.54) is 16.8 Å². The van der Waals surface area contributed by atoms with Crippen molar-refractivity contribution < 1.29 is 19.4 Å². The Labute approximate surface area is 223 Å². The van der Waals surface area contributed by atoms with Gasteiger partial charge in [-0.3, -0.25) is 9.78 Å². The van der Waals surface area contributed by atoms with Gasteiger partial charge in [0, 0.05) is 81.2 Å². The number of hydrogen-bond acceptors (Lipinski definition) is 7. The van der Waals surface area contributed by atoms with E-state index in [1.807, 2.05) is 0 Å². The molecule has 0 bridgehead atoms. The molecule has 4 heterocycles. The number of hydrogen-bond donors (Lipinski definition) is 3. The van der Waals surface area contributed by atoms with Crippen LogP contribution in [0.4, 0.5) is 15.8 Å². The minimum absolute atomic E-state index is 0.114. The first-order valence-electron chi connectivity index (χ1n) is 12.9. The molecule has 1 aliphatic carbocycles. The molecule has 39 heavy (non-hydrogen) atoms. The molecule has 1 aromatic carbocycles. The van der Waals surface area contributed by atoms with Crippen LogP contribution in [0.5, 0.6) is 0 Å². The van der Waals surface area contributed by atoms with Gasteiger partial charge < -0.3 is 25.0 Å². The Bertz CT molecular complexity index is 1720. The van der Waals surface area contributed by atoms with Crippen LogP contribution in [-0.4, -0.2) is 57.5 Å². The zero-order chi connectivity index (χ0) is 27.4. The van der Waals surface area contributed by atoms with Crippen molar-refractivity contribution in [2.24, 2.45) is 13.0 Å². The number of aliphatic hydroxyl groups excluding tert-OH is 1. The minimum atomic E-state index is -1.30. The van der Waals surface area contributed by atoms with Crippen molar-refractivity contribution in [3.63, 3.8) is 0 Å². The minimum Gasteiger partial charge on any atom is -0.477 e. The van der Waals surface area contributed by atoms with Crippen LogP contribution in [0, 0.1) is 11.7 Å². The van der Waals surface area contributed by atoms with E-state index in [9.17, 15) is 24.2 Å². The van der Waals surface area contributed by atoms with Gasteiger partial charge in [-0.05, 0) is 48.1 Å². The molecule has 1 aliphatic heterocycles. The Hall–Kier alpha value is -4.31. The van der Waals surface area contributed by atoms with Crippen molar-refractivity contribution >= 4 is 28.4 Å². The maximum atomic E-state index is 14.8. The summed E-state index contributed by atoms with van der Waals surface area (Å²) >= 11 is 0. The number of pyridine rings is 3. The molecule has 1 fully saturated rings. The second kappa shape index (κ2) is 9.46. The van der Waals surface area contributed by atoms with Gasteiger partial charge in [-0.1, -0.05) is 0 Å². The third-order valence-corrected chi connectivity index (χ3v) is 7.92. The number of aryl methyl sites for hydroxylation is 1. The summed E-state index contributed by atoms with van der Waals surface area (Å²) in [5.41, 5.74) is 5.86. The topological polar surface area (TPSA) is 121 Å². The summed E-state index contributed by atoms with van der Waals surface area (Å²) in [6.45, 7) is 1.59. The smallest absolute Gasteiger partial charge is 0.341 e. The molecule has 6 rings (SSSR count). The molecule has 3 aromatic heterocycles. The van der Waals surface area contributed by atoms with E-state index in [4.69, 9.17) is 4.98 Å². The fourth-order valence-electron chi connectivity index (χ4n) is 6.05. The molecule has 9 nitrogen and oxygen atoms in total. The predicted octanol–water partition coefficient (Wildman–Crippen LogP) is 3.65. The number of aromatic nitrogens is 3. The second-order valence-corrected chi connectivity index (χ2v) is 10.2. The summed E-state index contributed by atoms with van der Waals surface area (Å²) in [4.78, 5) is 36.4. The standard InChI is InChI=1S/C29H28FN5O4/c1-31-23-9-17(30)8-19-18(23)10-24-25(19)26(35-5-3-15(13-35)4-6-36)21(12-32-24)16-7-20-27(37)22(29(38)39)14-34(2)28(20)33-11-16/h7-9,11-12,14-15,31,36H,3-6,10,13H2,1-2H3,(H,38,39). The highest BCUT2D eigenvalue weighted by Gasteiger charge is 2.33. The van der Waals surface area contributed by atoms with Crippen LogP contribution < -0.4 is 15.6 Å². The number of aliphatic hydroxyl groups is 1. The van der Waals surface area contributed by atoms with E-state index < -0.39 is 11.4 Å². The normalized spacial score (nSPS) is 16.0. The summed E-state index contributed by atoms with van der Waals surface area (Å²) < 4.78 is 16.3. The van der Waals surface area contributed by atoms with Gasteiger partial charge in [-0.15, -0.1) is 0 Å². The number of rotatable bonds is 6. The van der Waals surface area contributed by atoms with Gasteiger partial charge in [0.2, 0.25) is 5.43 Å². The molecular formula is C29H28FN5O4. The number of carboxylic acid groups (broad SMARTS) is 1. The molecule has 1 saturated heterocycles. The average Bonchev–Trinajstić information content (AvgIpc) is 3.54. The first kappa shape index (κ1) is 25.0. The molecule has 0 radical (unpaired) electrons. The van der Waals surface area contributed by atoms with Gasteiger partial charge in [0.1, 0.15) is 17.0 Å². The number of anilines is 2. The van der Waals surface area contributed by atoms with E-state index in [0.717, 1.165) is 53.1 Å². The van der Waals surface area contributed by atoms with Crippen LogP contribution in [0.15, 0.2) is 41.6 Å². The van der Waals surface area contributed by atoms with E-state index in [2.05, 4.69) is 15.2 Å². The van der Waals surface area contributed by atoms with Crippen molar-refractivity contribution in [3.8, 4) is 22.3 Å². The van der Waals surface area contributed by atoms with Crippen molar-refractivity contribution in [1.82, 2.24) is 14.5 Å².